The molecule has 2 N–H and O–H groups in total. The lowest BCUT2D eigenvalue weighted by atomic mass is 9.43. The first kappa shape index (κ1) is 27.0. The summed E-state index contributed by atoms with van der Waals surface area (Å²) in [6.45, 7) is 0.522. The summed E-state index contributed by atoms with van der Waals surface area (Å²) in [7, 11) is 1.46. The van der Waals surface area contributed by atoms with E-state index in [1.165, 1.54) is 25.2 Å². The number of anilines is 1. The van der Waals surface area contributed by atoms with Crippen molar-refractivity contribution in [2.24, 2.45) is 11.3 Å². The van der Waals surface area contributed by atoms with E-state index in [9.17, 15) is 27.2 Å². The number of halogens is 4. The number of furan rings is 1. The van der Waals surface area contributed by atoms with Crippen molar-refractivity contribution in [3.63, 3.8) is 0 Å². The molecule has 10 heteroatoms. The van der Waals surface area contributed by atoms with Crippen LogP contribution in [0.3, 0.4) is 0 Å². The Balaban J connectivity index is 1.50. The van der Waals surface area contributed by atoms with Crippen LogP contribution in [0.5, 0.6) is 0 Å². The number of Topliss-reactive ketones (excluding diaryl/α,β-unsaturated/α-hetero) is 1. The maximum Gasteiger partial charge on any atom is 0.405 e. The zero-order valence-electron chi connectivity index (χ0n) is 22.4. The van der Waals surface area contributed by atoms with Crippen LogP contribution >= 0.6 is 0 Å². The fraction of sp³-hybridized carbons (Fsp3) is 0.323. The Kier molecular flexibility index (Phi) is 6.39. The van der Waals surface area contributed by atoms with Crippen LogP contribution in [0, 0.1) is 24.1 Å². The number of hydrogen-bond acceptors (Lipinski definition) is 5. The highest BCUT2D eigenvalue weighted by Crippen LogP contribution is 2.66. The van der Waals surface area contributed by atoms with Crippen molar-refractivity contribution in [1.82, 2.24) is 10.3 Å². The minimum Gasteiger partial charge on any atom is -0.437 e. The Morgan fingerprint density at radius 3 is 2.34 bits per heavy atom. The smallest absolute Gasteiger partial charge is 0.405 e. The molecule has 0 aliphatic heterocycles. The number of rotatable bonds is 8. The second kappa shape index (κ2) is 9.71. The monoisotopic (exact) mass is 565 g/mol. The number of nitrogens with one attached hydrogen (secondary N) is 2. The van der Waals surface area contributed by atoms with Crippen LogP contribution in [-0.4, -0.2) is 36.4 Å². The van der Waals surface area contributed by atoms with Gasteiger partial charge in [-0.2, -0.15) is 18.2 Å². The number of alkyl halides is 3. The molecule has 41 heavy (non-hydrogen) atoms. The van der Waals surface area contributed by atoms with Gasteiger partial charge in [0.05, 0.1) is 16.5 Å². The van der Waals surface area contributed by atoms with Crippen molar-refractivity contribution in [1.29, 1.82) is 0 Å². The second-order valence-electron chi connectivity index (χ2n) is 11.2. The van der Waals surface area contributed by atoms with Crippen molar-refractivity contribution < 1.29 is 31.6 Å². The molecule has 0 unspecified atom stereocenters. The molecule has 7 rings (SSSR count). The van der Waals surface area contributed by atoms with Crippen LogP contribution in [0.4, 0.5) is 23.4 Å². The molecule has 3 aliphatic rings. The number of carbonyl (C=O) groups is 2. The predicted octanol–water partition coefficient (Wildman–Crippen LogP) is 7.32. The third kappa shape index (κ3) is 4.96. The summed E-state index contributed by atoms with van der Waals surface area (Å²) in [5, 5.41) is 5.16. The molecular formula is C31H27F4N3O3. The normalized spacial score (nSPS) is 19.4. The van der Waals surface area contributed by atoms with E-state index in [1.807, 2.05) is 19.1 Å². The number of amides is 1. The van der Waals surface area contributed by atoms with Crippen molar-refractivity contribution in [3.05, 3.63) is 71.0 Å². The lowest BCUT2D eigenvalue weighted by Gasteiger charge is -2.62. The van der Waals surface area contributed by atoms with E-state index in [-0.39, 0.29) is 62.6 Å². The maximum absolute atomic E-state index is 14.9. The van der Waals surface area contributed by atoms with Crippen molar-refractivity contribution >= 4 is 28.6 Å². The highest BCUT2D eigenvalue weighted by Gasteiger charge is 2.57. The SMILES string of the molecule is CNC(=O)c1c(-c2ccc(C)cc2)oc2nc(NCC(F)(F)F)c(-c3ccc(F)c(C(=O)CC45CC(C4)C5)c3)cc12. The van der Waals surface area contributed by atoms with Crippen LogP contribution < -0.4 is 10.6 Å². The average Bonchev–Trinajstić information content (AvgIpc) is 3.26. The summed E-state index contributed by atoms with van der Waals surface area (Å²) >= 11 is 0. The molecule has 1 amide bonds. The lowest BCUT2D eigenvalue weighted by molar-refractivity contribution is -0.115. The van der Waals surface area contributed by atoms with E-state index in [1.54, 1.807) is 12.1 Å². The largest absolute Gasteiger partial charge is 0.437 e. The van der Waals surface area contributed by atoms with E-state index in [0.29, 0.717) is 11.5 Å². The van der Waals surface area contributed by atoms with Crippen LogP contribution in [0.15, 0.2) is 52.9 Å². The van der Waals surface area contributed by atoms with Gasteiger partial charge in [-0.05, 0) is 61.3 Å². The molecule has 212 valence electrons. The molecule has 2 bridgehead atoms. The minimum absolute atomic E-state index is 0.0460. The van der Waals surface area contributed by atoms with Gasteiger partial charge in [0, 0.05) is 24.6 Å². The first-order chi connectivity index (χ1) is 19.4. The van der Waals surface area contributed by atoms with Gasteiger partial charge in [-0.25, -0.2) is 4.39 Å². The molecule has 6 nitrogen and oxygen atoms in total. The van der Waals surface area contributed by atoms with Gasteiger partial charge in [-0.1, -0.05) is 35.9 Å². The standard InChI is InChI=1S/C31H27F4N3O3/c1-16-3-5-18(6-4-16)26-25(28(40)36-2)22-10-20(27(38-29(22)41-26)37-15-31(33,34)35)19-7-8-23(32)21(9-19)24(39)14-30-11-17(12-30)13-30/h3-10,17H,11-15H2,1-2H3,(H,36,40)(H,37,38). The Hall–Kier alpha value is -4.21. The van der Waals surface area contributed by atoms with Crippen molar-refractivity contribution in [2.75, 3.05) is 18.9 Å². The highest BCUT2D eigenvalue weighted by atomic mass is 19.4. The fourth-order valence-electron chi connectivity index (χ4n) is 6.04. The fourth-order valence-corrected chi connectivity index (χ4v) is 6.04. The number of aryl methyl sites for hydroxylation is 1. The molecule has 2 heterocycles. The third-order valence-electron chi connectivity index (χ3n) is 8.19. The number of nitrogens with zero attached hydrogens (tertiary/aromatic N) is 1. The van der Waals surface area contributed by atoms with Gasteiger partial charge in [0.25, 0.3) is 5.91 Å². The second-order valence-corrected chi connectivity index (χ2v) is 11.2. The number of ketones is 1. The Morgan fingerprint density at radius 2 is 1.73 bits per heavy atom. The van der Waals surface area contributed by atoms with Crippen LogP contribution in [0.2, 0.25) is 0 Å². The molecule has 2 aromatic carbocycles. The van der Waals surface area contributed by atoms with E-state index in [4.69, 9.17) is 4.42 Å². The number of benzene rings is 2. The number of carbonyl (C=O) groups excluding carboxylic acids is 2. The van der Waals surface area contributed by atoms with Crippen LogP contribution in [0.25, 0.3) is 33.6 Å². The molecule has 0 atom stereocenters. The van der Waals surface area contributed by atoms with E-state index in [2.05, 4.69) is 15.6 Å². The summed E-state index contributed by atoms with van der Waals surface area (Å²) in [5.74, 6) is -0.811. The molecule has 4 aromatic rings. The van der Waals surface area contributed by atoms with Gasteiger partial charge in [0.15, 0.2) is 5.78 Å². The molecule has 0 radical (unpaired) electrons. The highest BCUT2D eigenvalue weighted by molar-refractivity contribution is 6.11. The first-order valence-electron chi connectivity index (χ1n) is 13.4. The summed E-state index contributed by atoms with van der Waals surface area (Å²) in [4.78, 5) is 30.5. The first-order valence-corrected chi connectivity index (χ1v) is 13.4. The minimum atomic E-state index is -4.55. The molecule has 3 fully saturated rings. The predicted molar refractivity (Wildman–Crippen MR) is 146 cm³/mol. The summed E-state index contributed by atoms with van der Waals surface area (Å²) < 4.78 is 60.5. The van der Waals surface area contributed by atoms with Crippen molar-refractivity contribution in [2.45, 2.75) is 38.8 Å². The molecule has 0 saturated heterocycles. The number of pyridine rings is 1. The molecular weight excluding hydrogens is 538 g/mol. The Morgan fingerprint density at radius 1 is 1.05 bits per heavy atom. The van der Waals surface area contributed by atoms with Crippen LogP contribution in [-0.2, 0) is 0 Å². The van der Waals surface area contributed by atoms with E-state index >= 15 is 0 Å². The quantitative estimate of drug-likeness (QED) is 0.173. The molecule has 2 aromatic heterocycles. The topological polar surface area (TPSA) is 84.2 Å². The Labute approximate surface area is 233 Å². The van der Waals surface area contributed by atoms with Gasteiger partial charge in [-0.15, -0.1) is 0 Å². The van der Waals surface area contributed by atoms with Crippen molar-refractivity contribution in [3.8, 4) is 22.5 Å². The number of hydrogen-bond donors (Lipinski definition) is 2. The van der Waals surface area contributed by atoms with Gasteiger partial charge in [-0.3, -0.25) is 9.59 Å². The molecule has 3 aliphatic carbocycles. The molecule has 3 saturated carbocycles. The lowest BCUT2D eigenvalue weighted by Crippen LogP contribution is -2.52. The summed E-state index contributed by atoms with van der Waals surface area (Å²) in [5.41, 5.74) is 1.97. The summed E-state index contributed by atoms with van der Waals surface area (Å²) in [6.07, 6.45) is -1.40. The van der Waals surface area contributed by atoms with Gasteiger partial charge in [0.1, 0.15) is 23.9 Å². The molecule has 0 spiro atoms. The number of fused-ring (bicyclic) bond motifs is 1. The average molecular weight is 566 g/mol. The zero-order chi connectivity index (χ0) is 29.1. The zero-order valence-corrected chi connectivity index (χ0v) is 22.4. The third-order valence-corrected chi connectivity index (χ3v) is 8.19. The Bertz CT molecular complexity index is 1670. The maximum atomic E-state index is 14.9. The van der Waals surface area contributed by atoms with Gasteiger partial charge in [0.2, 0.25) is 5.71 Å². The summed E-state index contributed by atoms with van der Waals surface area (Å²) in [6, 6.07) is 12.6. The van der Waals surface area contributed by atoms with E-state index < -0.39 is 24.4 Å². The van der Waals surface area contributed by atoms with Gasteiger partial charge < -0.3 is 15.1 Å². The van der Waals surface area contributed by atoms with E-state index in [0.717, 1.165) is 30.9 Å². The van der Waals surface area contributed by atoms with Crippen LogP contribution in [0.1, 0.15) is 52.0 Å². The van der Waals surface area contributed by atoms with Gasteiger partial charge >= 0.3 is 6.18 Å². The number of aromatic nitrogens is 1.